The summed E-state index contributed by atoms with van der Waals surface area (Å²) in [5.74, 6) is 0.102. The molecule has 0 aromatic rings. The quantitative estimate of drug-likeness (QED) is 0.443. The second-order valence-corrected chi connectivity index (χ2v) is 3.20. The number of rotatable bonds is 1. The van der Waals surface area contributed by atoms with Crippen LogP contribution in [0, 0.1) is 5.92 Å². The monoisotopic (exact) mass is 168 g/mol. The summed E-state index contributed by atoms with van der Waals surface area (Å²) in [6.07, 6.45) is 9.52. The van der Waals surface area contributed by atoms with Crippen molar-refractivity contribution in [3.05, 3.63) is 12.2 Å². The highest BCUT2D eigenvalue weighted by Crippen LogP contribution is 2.19. The summed E-state index contributed by atoms with van der Waals surface area (Å²) in [5.41, 5.74) is 0. The van der Waals surface area contributed by atoms with E-state index < -0.39 is 0 Å². The Bertz CT molecular complexity index is 173. The maximum atomic E-state index is 11.2. The second kappa shape index (κ2) is 4.96. The van der Waals surface area contributed by atoms with Gasteiger partial charge >= 0.3 is 5.97 Å². The van der Waals surface area contributed by atoms with Crippen LogP contribution < -0.4 is 0 Å². The first-order valence-electron chi connectivity index (χ1n) is 4.57. The van der Waals surface area contributed by atoms with Crippen molar-refractivity contribution in [2.75, 3.05) is 7.11 Å². The zero-order valence-electron chi connectivity index (χ0n) is 7.58. The van der Waals surface area contributed by atoms with Crippen LogP contribution in [0.1, 0.15) is 32.1 Å². The van der Waals surface area contributed by atoms with E-state index >= 15 is 0 Å². The lowest BCUT2D eigenvalue weighted by molar-refractivity contribution is -0.145. The predicted octanol–water partition coefficient (Wildman–Crippen LogP) is 2.30. The van der Waals surface area contributed by atoms with Crippen molar-refractivity contribution in [3.63, 3.8) is 0 Å². The van der Waals surface area contributed by atoms with Crippen LogP contribution in [-0.4, -0.2) is 13.1 Å². The van der Waals surface area contributed by atoms with E-state index in [0.717, 1.165) is 32.1 Å². The Kier molecular flexibility index (Phi) is 3.85. The molecule has 0 aliphatic heterocycles. The first-order chi connectivity index (χ1) is 5.84. The fourth-order valence-corrected chi connectivity index (χ4v) is 1.56. The van der Waals surface area contributed by atoms with Gasteiger partial charge in [0.15, 0.2) is 0 Å². The second-order valence-electron chi connectivity index (χ2n) is 3.20. The van der Waals surface area contributed by atoms with Crippen molar-refractivity contribution in [1.29, 1.82) is 0 Å². The molecule has 0 fully saturated rings. The normalized spacial score (nSPS) is 24.2. The number of methoxy groups -OCH3 is 1. The molecule has 1 aliphatic carbocycles. The molecule has 0 unspecified atom stereocenters. The van der Waals surface area contributed by atoms with Crippen molar-refractivity contribution >= 4 is 5.97 Å². The van der Waals surface area contributed by atoms with Gasteiger partial charge in [0.25, 0.3) is 0 Å². The Hall–Kier alpha value is -0.790. The van der Waals surface area contributed by atoms with Gasteiger partial charge in [0, 0.05) is 0 Å². The van der Waals surface area contributed by atoms with Crippen molar-refractivity contribution < 1.29 is 9.53 Å². The molecular formula is C10H16O2. The Morgan fingerprint density at radius 2 is 2.08 bits per heavy atom. The molecule has 2 heteroatoms. The lowest BCUT2D eigenvalue weighted by Crippen LogP contribution is -2.16. The number of hydrogen-bond donors (Lipinski definition) is 0. The van der Waals surface area contributed by atoms with Gasteiger partial charge in [-0.15, -0.1) is 0 Å². The molecule has 0 N–H and O–H groups in total. The largest absolute Gasteiger partial charge is 0.469 e. The average Bonchev–Trinajstić information content (AvgIpc) is 2.02. The maximum Gasteiger partial charge on any atom is 0.308 e. The molecule has 1 atom stereocenters. The van der Waals surface area contributed by atoms with Crippen molar-refractivity contribution in [1.82, 2.24) is 0 Å². The number of carbonyl (C=O) groups is 1. The molecule has 0 saturated carbocycles. The van der Waals surface area contributed by atoms with Gasteiger partial charge in [0.2, 0.25) is 0 Å². The van der Waals surface area contributed by atoms with Crippen molar-refractivity contribution in [2.45, 2.75) is 32.1 Å². The highest BCUT2D eigenvalue weighted by molar-refractivity contribution is 5.72. The molecule has 12 heavy (non-hydrogen) atoms. The van der Waals surface area contributed by atoms with Gasteiger partial charge in [0.1, 0.15) is 0 Å². The molecule has 0 spiro atoms. The minimum Gasteiger partial charge on any atom is -0.469 e. The molecule has 0 radical (unpaired) electrons. The van der Waals surface area contributed by atoms with E-state index in [1.807, 2.05) is 0 Å². The number of allylic oxidation sites excluding steroid dienone is 2. The van der Waals surface area contributed by atoms with Crippen LogP contribution in [0.15, 0.2) is 12.2 Å². The first-order valence-corrected chi connectivity index (χ1v) is 4.57. The minimum absolute atomic E-state index is 0.0368. The fourth-order valence-electron chi connectivity index (χ4n) is 1.56. The van der Waals surface area contributed by atoms with Gasteiger partial charge in [-0.05, 0) is 32.1 Å². The molecule has 0 amide bonds. The molecule has 0 saturated heterocycles. The van der Waals surface area contributed by atoms with Gasteiger partial charge in [-0.1, -0.05) is 12.2 Å². The van der Waals surface area contributed by atoms with E-state index in [1.54, 1.807) is 0 Å². The third-order valence-corrected chi connectivity index (χ3v) is 2.31. The third kappa shape index (κ3) is 2.68. The van der Waals surface area contributed by atoms with Crippen molar-refractivity contribution in [2.24, 2.45) is 5.92 Å². The van der Waals surface area contributed by atoms with Crippen LogP contribution in [0.2, 0.25) is 0 Å². The maximum absolute atomic E-state index is 11.2. The summed E-state index contributed by atoms with van der Waals surface area (Å²) in [6.45, 7) is 0. The lowest BCUT2D eigenvalue weighted by atomic mass is 9.94. The van der Waals surface area contributed by atoms with E-state index in [4.69, 9.17) is 4.74 Å². The Balaban J connectivity index is 2.42. The third-order valence-electron chi connectivity index (χ3n) is 2.31. The summed E-state index contributed by atoms with van der Waals surface area (Å²) < 4.78 is 4.72. The molecule has 0 bridgehead atoms. The fraction of sp³-hybridized carbons (Fsp3) is 0.700. The van der Waals surface area contributed by atoms with Crippen LogP contribution in [0.3, 0.4) is 0 Å². The molecule has 0 aromatic carbocycles. The van der Waals surface area contributed by atoms with Gasteiger partial charge in [-0.25, -0.2) is 0 Å². The van der Waals surface area contributed by atoms with E-state index in [0.29, 0.717) is 0 Å². The Labute approximate surface area is 73.6 Å². The van der Waals surface area contributed by atoms with Crippen LogP contribution in [-0.2, 0) is 9.53 Å². The van der Waals surface area contributed by atoms with Crippen LogP contribution in [0.5, 0.6) is 0 Å². The van der Waals surface area contributed by atoms with Gasteiger partial charge in [-0.3, -0.25) is 4.79 Å². The number of carbonyl (C=O) groups excluding carboxylic acids is 1. The molecule has 0 aromatic heterocycles. The van der Waals surface area contributed by atoms with Crippen LogP contribution in [0.25, 0.3) is 0 Å². The molecule has 0 heterocycles. The summed E-state index contributed by atoms with van der Waals surface area (Å²) in [4.78, 5) is 11.2. The van der Waals surface area contributed by atoms with E-state index in [1.165, 1.54) is 7.11 Å². The topological polar surface area (TPSA) is 26.3 Å². The Morgan fingerprint density at radius 1 is 1.33 bits per heavy atom. The summed E-state index contributed by atoms with van der Waals surface area (Å²) >= 11 is 0. The average molecular weight is 168 g/mol. The van der Waals surface area contributed by atoms with Crippen LogP contribution in [0.4, 0.5) is 0 Å². The summed E-state index contributed by atoms with van der Waals surface area (Å²) in [6, 6.07) is 0. The molecular weight excluding hydrogens is 152 g/mol. The zero-order valence-corrected chi connectivity index (χ0v) is 7.58. The Morgan fingerprint density at radius 3 is 2.83 bits per heavy atom. The minimum atomic E-state index is -0.0368. The van der Waals surface area contributed by atoms with Gasteiger partial charge in [0.05, 0.1) is 13.0 Å². The smallest absolute Gasteiger partial charge is 0.308 e. The van der Waals surface area contributed by atoms with Gasteiger partial charge < -0.3 is 4.74 Å². The van der Waals surface area contributed by atoms with Crippen LogP contribution >= 0.6 is 0 Å². The highest BCUT2D eigenvalue weighted by atomic mass is 16.5. The number of hydrogen-bond acceptors (Lipinski definition) is 2. The van der Waals surface area contributed by atoms with Gasteiger partial charge in [-0.2, -0.15) is 0 Å². The highest BCUT2D eigenvalue weighted by Gasteiger charge is 2.17. The number of esters is 1. The summed E-state index contributed by atoms with van der Waals surface area (Å²) in [5, 5.41) is 0. The number of ether oxygens (including phenoxy) is 1. The molecule has 68 valence electrons. The van der Waals surface area contributed by atoms with E-state index in [9.17, 15) is 4.79 Å². The molecule has 2 nitrogen and oxygen atoms in total. The van der Waals surface area contributed by atoms with Crippen molar-refractivity contribution in [3.8, 4) is 0 Å². The summed E-state index contributed by atoms with van der Waals surface area (Å²) in [7, 11) is 1.47. The predicted molar refractivity (Wildman–Crippen MR) is 47.7 cm³/mol. The van der Waals surface area contributed by atoms with E-state index in [-0.39, 0.29) is 11.9 Å². The van der Waals surface area contributed by atoms with E-state index in [2.05, 4.69) is 12.2 Å². The lowest BCUT2D eigenvalue weighted by Gasteiger charge is -2.14. The zero-order chi connectivity index (χ0) is 8.81. The SMILES string of the molecule is COC(=O)[C@H]1CCC=CCCC1. The first kappa shape index (κ1) is 9.30. The molecule has 1 aliphatic rings. The molecule has 1 rings (SSSR count). The standard InChI is InChI=1S/C10H16O2/c1-12-10(11)9-7-5-3-2-4-6-8-9/h2-3,9H,4-8H2,1H3/t9-/m0/s1.